The van der Waals surface area contributed by atoms with Gasteiger partial charge in [0.15, 0.2) is 0 Å². The summed E-state index contributed by atoms with van der Waals surface area (Å²) in [6, 6.07) is 11.4. The van der Waals surface area contributed by atoms with E-state index < -0.39 is 0 Å². The van der Waals surface area contributed by atoms with Crippen LogP contribution < -0.4 is 10.6 Å². The standard InChI is InChI=1S/2C19H17Cl2N3O2/c2*1-8-4-9(2-3-22-8)14-15(17-12-6-11(12)16(14)26-17)19(25)24-10-5-13(20)18(21)23-7-10/h2*2-5,7,11-12,14-17H,6H2,1H3,(H,24,25)/t2*11-,12+,14+,15-,16-,17+/m10/s1. The molecule has 0 aromatic carbocycles. The molecule has 2 aliphatic carbocycles. The molecule has 52 heavy (non-hydrogen) atoms. The van der Waals surface area contributed by atoms with Crippen LogP contribution in [0.2, 0.25) is 20.4 Å². The first kappa shape index (κ1) is 34.4. The van der Waals surface area contributed by atoms with Crippen molar-refractivity contribution in [3.05, 3.63) is 104 Å². The van der Waals surface area contributed by atoms with Gasteiger partial charge in [-0.05, 0) is 97.9 Å². The Morgan fingerprint density at radius 1 is 0.615 bits per heavy atom. The van der Waals surface area contributed by atoms with Crippen LogP contribution >= 0.6 is 46.4 Å². The molecule has 4 aromatic heterocycles. The predicted molar refractivity (Wildman–Crippen MR) is 197 cm³/mol. The number of nitrogens with zero attached hydrogens (tertiary/aromatic N) is 4. The molecule has 0 radical (unpaired) electrons. The average molecular weight is 781 g/mol. The van der Waals surface area contributed by atoms with Crippen molar-refractivity contribution in [3.8, 4) is 0 Å². The predicted octanol–water partition coefficient (Wildman–Crippen LogP) is 7.69. The lowest BCUT2D eigenvalue weighted by Crippen LogP contribution is -2.37. The van der Waals surface area contributed by atoms with Crippen molar-refractivity contribution >= 4 is 69.6 Å². The van der Waals surface area contributed by atoms with E-state index in [0.29, 0.717) is 45.1 Å². The molecule has 0 spiro atoms. The topological polar surface area (TPSA) is 128 Å². The normalized spacial score (nSPS) is 33.8. The maximum Gasteiger partial charge on any atom is 0.230 e. The van der Waals surface area contributed by atoms with Crippen molar-refractivity contribution in [1.82, 2.24) is 19.9 Å². The third-order valence-electron chi connectivity index (χ3n) is 11.6. The minimum Gasteiger partial charge on any atom is -0.373 e. The first-order valence-corrected chi connectivity index (χ1v) is 19.0. The lowest BCUT2D eigenvalue weighted by molar-refractivity contribution is -0.122. The lowest BCUT2D eigenvalue weighted by atomic mass is 9.75. The van der Waals surface area contributed by atoms with E-state index in [1.54, 1.807) is 24.5 Å². The second kappa shape index (κ2) is 13.2. The number of carbonyl (C=O) groups excluding carboxylic acids is 2. The van der Waals surface area contributed by atoms with Crippen molar-refractivity contribution in [2.45, 2.75) is 62.9 Å². The smallest absolute Gasteiger partial charge is 0.230 e. The quantitative estimate of drug-likeness (QED) is 0.191. The SMILES string of the molecule is Cc1cc([C@@H]2[C@@H]3O[C@@H]([C@H]4C[C@H]43)[C@@H]2C(=O)Nc2cnc(Cl)c(Cl)c2)ccn1.Cc1cc([C@H]2[C@H]3O[C@H]([C@@H]4C[C@@H]43)[C@H]2C(=O)Nc2cnc(Cl)c(Cl)c2)ccn1. The molecule has 6 fully saturated rings. The molecule has 4 aliphatic heterocycles. The molecular formula is C38H34Cl4N6O4. The molecular weight excluding hydrogens is 746 g/mol. The first-order chi connectivity index (χ1) is 25.0. The molecule has 268 valence electrons. The number of hydrogen-bond donors (Lipinski definition) is 2. The zero-order valence-electron chi connectivity index (χ0n) is 28.0. The van der Waals surface area contributed by atoms with Gasteiger partial charge >= 0.3 is 0 Å². The van der Waals surface area contributed by atoms with Crippen molar-refractivity contribution < 1.29 is 19.1 Å². The molecule has 10 nitrogen and oxygen atoms in total. The summed E-state index contributed by atoms with van der Waals surface area (Å²) in [6.45, 7) is 3.93. The summed E-state index contributed by atoms with van der Waals surface area (Å²) < 4.78 is 12.4. The van der Waals surface area contributed by atoms with E-state index in [-0.39, 0.29) is 70.2 Å². The van der Waals surface area contributed by atoms with Crippen LogP contribution in [0.25, 0.3) is 0 Å². The monoisotopic (exact) mass is 778 g/mol. The van der Waals surface area contributed by atoms with Crippen LogP contribution in [0.1, 0.15) is 47.2 Å². The lowest BCUT2D eigenvalue weighted by Gasteiger charge is -2.27. The summed E-state index contributed by atoms with van der Waals surface area (Å²) in [5, 5.41) is 6.98. The number of aromatic nitrogens is 4. The minimum absolute atomic E-state index is 0.0146. The first-order valence-electron chi connectivity index (χ1n) is 17.5. The van der Waals surface area contributed by atoms with E-state index in [2.05, 4.69) is 42.7 Å². The number of nitrogens with one attached hydrogen (secondary N) is 2. The Morgan fingerprint density at radius 3 is 1.40 bits per heavy atom. The highest BCUT2D eigenvalue weighted by Crippen LogP contribution is 2.66. The van der Waals surface area contributed by atoms with Crippen LogP contribution in [0.15, 0.2) is 61.2 Å². The molecule has 0 unspecified atom stereocenters. The Kier molecular flexibility index (Phi) is 8.72. The molecule has 14 heteroatoms. The zero-order chi connectivity index (χ0) is 36.0. The Hall–Kier alpha value is -3.38. The molecule has 2 saturated carbocycles. The maximum atomic E-state index is 13.1. The summed E-state index contributed by atoms with van der Waals surface area (Å²) in [5.41, 5.74) is 5.25. The summed E-state index contributed by atoms with van der Waals surface area (Å²) in [5.74, 6) is 1.78. The van der Waals surface area contributed by atoms with Crippen molar-refractivity contribution in [3.63, 3.8) is 0 Å². The molecule has 6 aliphatic rings. The van der Waals surface area contributed by atoms with E-state index in [0.717, 1.165) is 35.4 Å². The van der Waals surface area contributed by atoms with Crippen LogP contribution in [0.4, 0.5) is 11.4 Å². The number of fused-ring (bicyclic) bond motifs is 10. The van der Waals surface area contributed by atoms with E-state index in [1.165, 1.54) is 12.4 Å². The molecule has 2 N–H and O–H groups in total. The van der Waals surface area contributed by atoms with Gasteiger partial charge in [-0.2, -0.15) is 0 Å². The van der Waals surface area contributed by atoms with Gasteiger partial charge in [-0.25, -0.2) is 9.97 Å². The van der Waals surface area contributed by atoms with Crippen LogP contribution in [-0.2, 0) is 19.1 Å². The number of carbonyl (C=O) groups is 2. The third kappa shape index (κ3) is 6.05. The van der Waals surface area contributed by atoms with Crippen LogP contribution in [0.5, 0.6) is 0 Å². The fourth-order valence-electron chi connectivity index (χ4n) is 9.37. The molecule has 10 rings (SSSR count). The Morgan fingerprint density at radius 2 is 1.02 bits per heavy atom. The highest BCUT2D eigenvalue weighted by Gasteiger charge is 2.69. The summed E-state index contributed by atoms with van der Waals surface area (Å²) in [7, 11) is 0. The number of pyridine rings is 4. The Balaban J connectivity index is 0.000000138. The van der Waals surface area contributed by atoms with E-state index in [9.17, 15) is 9.59 Å². The fraction of sp³-hybridized carbons (Fsp3) is 0.421. The number of anilines is 2. The highest BCUT2D eigenvalue weighted by molar-refractivity contribution is 6.41. The molecule has 8 heterocycles. The number of hydrogen-bond acceptors (Lipinski definition) is 8. The highest BCUT2D eigenvalue weighted by atomic mass is 35.5. The van der Waals surface area contributed by atoms with Crippen LogP contribution in [0, 0.1) is 49.4 Å². The van der Waals surface area contributed by atoms with Gasteiger partial charge in [0.2, 0.25) is 11.8 Å². The summed E-state index contributed by atoms with van der Waals surface area (Å²) in [6.07, 6.45) is 9.18. The number of amides is 2. The zero-order valence-corrected chi connectivity index (χ0v) is 31.1. The number of halogens is 4. The van der Waals surface area contributed by atoms with Gasteiger partial charge in [0, 0.05) is 35.6 Å². The summed E-state index contributed by atoms with van der Waals surface area (Å²) >= 11 is 23.7. The molecule has 4 aromatic rings. The van der Waals surface area contributed by atoms with E-state index in [1.807, 2.05) is 26.0 Å². The van der Waals surface area contributed by atoms with Crippen molar-refractivity contribution in [2.24, 2.45) is 35.5 Å². The number of rotatable bonds is 6. The number of ether oxygens (including phenoxy) is 2. The Labute approximate surface area is 320 Å². The summed E-state index contributed by atoms with van der Waals surface area (Å²) in [4.78, 5) is 42.8. The van der Waals surface area contributed by atoms with Gasteiger partial charge < -0.3 is 20.1 Å². The molecule has 4 saturated heterocycles. The Bertz CT molecular complexity index is 1960. The average Bonchev–Trinajstić information content (AvgIpc) is 3.96. The molecule has 4 bridgehead atoms. The van der Waals surface area contributed by atoms with Crippen LogP contribution in [-0.4, -0.2) is 56.2 Å². The van der Waals surface area contributed by atoms with Gasteiger partial charge in [0.05, 0.1) is 70.1 Å². The third-order valence-corrected chi connectivity index (χ3v) is 13.0. The van der Waals surface area contributed by atoms with Crippen LogP contribution in [0.3, 0.4) is 0 Å². The molecule has 12 atom stereocenters. The van der Waals surface area contributed by atoms with E-state index >= 15 is 0 Å². The minimum atomic E-state index is -0.222. The second-order valence-electron chi connectivity index (χ2n) is 14.8. The van der Waals surface area contributed by atoms with Gasteiger partial charge in [-0.3, -0.25) is 19.6 Å². The second-order valence-corrected chi connectivity index (χ2v) is 16.3. The van der Waals surface area contributed by atoms with Gasteiger partial charge in [0.25, 0.3) is 0 Å². The van der Waals surface area contributed by atoms with Crippen molar-refractivity contribution in [2.75, 3.05) is 10.6 Å². The largest absolute Gasteiger partial charge is 0.373 e. The van der Waals surface area contributed by atoms with Gasteiger partial charge in [-0.1, -0.05) is 46.4 Å². The number of aryl methyl sites for hydroxylation is 2. The maximum absolute atomic E-state index is 13.1. The van der Waals surface area contributed by atoms with E-state index in [4.69, 9.17) is 55.9 Å². The fourth-order valence-corrected chi connectivity index (χ4v) is 9.91. The van der Waals surface area contributed by atoms with Gasteiger partial charge in [-0.15, -0.1) is 0 Å². The molecule has 2 amide bonds. The van der Waals surface area contributed by atoms with Gasteiger partial charge in [0.1, 0.15) is 10.3 Å². The van der Waals surface area contributed by atoms with Crippen molar-refractivity contribution in [1.29, 1.82) is 0 Å².